The molecule has 76 valence electrons. The lowest BCUT2D eigenvalue weighted by atomic mass is 10.1. The minimum Gasteiger partial charge on any atom is -0.309 e. The summed E-state index contributed by atoms with van der Waals surface area (Å²) in [7, 11) is 0. The molecule has 1 N–H and O–H groups in total. The van der Waals surface area contributed by atoms with E-state index in [1.165, 1.54) is 18.2 Å². The second kappa shape index (κ2) is 3.59. The van der Waals surface area contributed by atoms with Crippen LogP contribution in [0.5, 0.6) is 0 Å². The Morgan fingerprint density at radius 2 is 2.13 bits per heavy atom. The molecule has 3 nitrogen and oxygen atoms in total. The number of hydrogen-bond acceptors (Lipinski definition) is 3. The van der Waals surface area contributed by atoms with Crippen LogP contribution in [-0.2, 0) is 0 Å². The summed E-state index contributed by atoms with van der Waals surface area (Å²) in [5.41, 5.74) is 2.05. The highest BCUT2D eigenvalue weighted by Crippen LogP contribution is 2.22. The Labute approximate surface area is 88.5 Å². The summed E-state index contributed by atoms with van der Waals surface area (Å²) >= 11 is 0. The first-order chi connectivity index (χ1) is 7.43. The fourth-order valence-electron chi connectivity index (χ4n) is 2.11. The molecule has 3 rings (SSSR count). The first-order valence-corrected chi connectivity index (χ1v) is 5.39. The lowest BCUT2D eigenvalue weighted by Gasteiger charge is -2.08. The van der Waals surface area contributed by atoms with Gasteiger partial charge in [-0.2, -0.15) is 10.2 Å². The zero-order chi connectivity index (χ0) is 10.1. The molecule has 0 radical (unpaired) electrons. The van der Waals surface area contributed by atoms with Crippen molar-refractivity contribution in [2.45, 2.75) is 18.9 Å². The predicted molar refractivity (Wildman–Crippen MR) is 59.5 cm³/mol. The van der Waals surface area contributed by atoms with E-state index in [0.717, 1.165) is 17.8 Å². The second-order valence-corrected chi connectivity index (χ2v) is 3.98. The molecule has 0 saturated carbocycles. The summed E-state index contributed by atoms with van der Waals surface area (Å²) in [6.45, 7) is 1.10. The molecule has 2 heterocycles. The highest BCUT2D eigenvalue weighted by Gasteiger charge is 2.17. The molecule has 0 aliphatic carbocycles. The lowest BCUT2D eigenvalue weighted by molar-refractivity contribution is 0.619. The number of nitrogens with one attached hydrogen (secondary N) is 1. The molecular weight excluding hydrogens is 186 g/mol. The average Bonchev–Trinajstić information content (AvgIpc) is 2.82. The SMILES string of the molecule is c1ccc2nnc(C3CCCN3)cc2c1. The fraction of sp³-hybridized carbons (Fsp3) is 0.333. The fourth-order valence-corrected chi connectivity index (χ4v) is 2.11. The first kappa shape index (κ1) is 8.80. The van der Waals surface area contributed by atoms with Crippen molar-refractivity contribution >= 4 is 10.9 Å². The minimum absolute atomic E-state index is 0.405. The van der Waals surface area contributed by atoms with Gasteiger partial charge in [0.2, 0.25) is 0 Å². The molecule has 0 bridgehead atoms. The predicted octanol–water partition coefficient (Wildman–Crippen LogP) is 2.05. The highest BCUT2D eigenvalue weighted by atomic mass is 15.1. The zero-order valence-electron chi connectivity index (χ0n) is 8.48. The van der Waals surface area contributed by atoms with Crippen LogP contribution in [0.15, 0.2) is 30.3 Å². The molecule has 1 aromatic carbocycles. The van der Waals surface area contributed by atoms with Gasteiger partial charge in [-0.1, -0.05) is 18.2 Å². The standard InChI is InChI=1S/C12H13N3/c1-2-5-10-9(4-1)8-12(15-14-10)11-6-3-7-13-11/h1-2,4-5,8,11,13H,3,6-7H2. The van der Waals surface area contributed by atoms with E-state index < -0.39 is 0 Å². The van der Waals surface area contributed by atoms with Crippen LogP contribution in [0.3, 0.4) is 0 Å². The Bertz CT molecular complexity index is 475. The maximum atomic E-state index is 4.28. The Kier molecular flexibility index (Phi) is 2.10. The van der Waals surface area contributed by atoms with Gasteiger partial charge in [0.1, 0.15) is 0 Å². The van der Waals surface area contributed by atoms with Crippen molar-refractivity contribution in [3.8, 4) is 0 Å². The Morgan fingerprint density at radius 3 is 3.00 bits per heavy atom. The molecule has 1 aliphatic heterocycles. The zero-order valence-corrected chi connectivity index (χ0v) is 8.48. The van der Waals surface area contributed by atoms with Crippen molar-refractivity contribution < 1.29 is 0 Å². The van der Waals surface area contributed by atoms with E-state index in [2.05, 4.69) is 27.6 Å². The lowest BCUT2D eigenvalue weighted by Crippen LogP contribution is -2.14. The smallest absolute Gasteiger partial charge is 0.0929 e. The number of benzene rings is 1. The van der Waals surface area contributed by atoms with Crippen LogP contribution in [0.4, 0.5) is 0 Å². The summed E-state index contributed by atoms with van der Waals surface area (Å²) in [5, 5.41) is 13.1. The maximum absolute atomic E-state index is 4.28. The molecule has 1 saturated heterocycles. The largest absolute Gasteiger partial charge is 0.309 e. The number of nitrogens with zero attached hydrogens (tertiary/aromatic N) is 2. The monoisotopic (exact) mass is 199 g/mol. The Hall–Kier alpha value is -1.48. The van der Waals surface area contributed by atoms with E-state index in [1.54, 1.807) is 0 Å². The van der Waals surface area contributed by atoms with Gasteiger partial charge in [0.05, 0.1) is 17.3 Å². The molecule has 2 aromatic rings. The van der Waals surface area contributed by atoms with Crippen molar-refractivity contribution in [3.05, 3.63) is 36.0 Å². The molecular formula is C12H13N3. The molecule has 1 aromatic heterocycles. The normalized spacial score (nSPS) is 20.9. The van der Waals surface area contributed by atoms with Crippen LogP contribution < -0.4 is 5.32 Å². The van der Waals surface area contributed by atoms with Crippen LogP contribution >= 0.6 is 0 Å². The van der Waals surface area contributed by atoms with Gasteiger partial charge in [0.15, 0.2) is 0 Å². The average molecular weight is 199 g/mol. The Balaban J connectivity index is 2.05. The van der Waals surface area contributed by atoms with Gasteiger partial charge in [-0.3, -0.25) is 0 Å². The molecule has 1 aliphatic rings. The third-order valence-corrected chi connectivity index (χ3v) is 2.93. The quantitative estimate of drug-likeness (QED) is 0.763. The molecule has 1 unspecified atom stereocenters. The van der Waals surface area contributed by atoms with Crippen molar-refractivity contribution in [2.24, 2.45) is 0 Å². The van der Waals surface area contributed by atoms with Crippen LogP contribution in [0.1, 0.15) is 24.6 Å². The minimum atomic E-state index is 0.405. The summed E-state index contributed by atoms with van der Waals surface area (Å²) in [6, 6.07) is 10.7. The summed E-state index contributed by atoms with van der Waals surface area (Å²) in [4.78, 5) is 0. The topological polar surface area (TPSA) is 37.8 Å². The van der Waals surface area contributed by atoms with Crippen molar-refractivity contribution in [1.82, 2.24) is 15.5 Å². The summed E-state index contributed by atoms with van der Waals surface area (Å²) < 4.78 is 0. The number of aromatic nitrogens is 2. The van der Waals surface area contributed by atoms with Crippen LogP contribution in [0.2, 0.25) is 0 Å². The van der Waals surface area contributed by atoms with Gasteiger partial charge in [0, 0.05) is 5.39 Å². The van der Waals surface area contributed by atoms with Crippen molar-refractivity contribution in [2.75, 3.05) is 6.54 Å². The van der Waals surface area contributed by atoms with Gasteiger partial charge in [0.25, 0.3) is 0 Å². The molecule has 1 fully saturated rings. The molecule has 1 atom stereocenters. The molecule has 0 amide bonds. The second-order valence-electron chi connectivity index (χ2n) is 3.98. The Morgan fingerprint density at radius 1 is 1.20 bits per heavy atom. The van der Waals surface area contributed by atoms with Crippen LogP contribution in [0, 0.1) is 0 Å². The molecule has 3 heteroatoms. The van der Waals surface area contributed by atoms with Crippen LogP contribution in [0.25, 0.3) is 10.9 Å². The third kappa shape index (κ3) is 1.59. The van der Waals surface area contributed by atoms with Gasteiger partial charge in [-0.05, 0) is 31.5 Å². The van der Waals surface area contributed by atoms with E-state index >= 15 is 0 Å². The van der Waals surface area contributed by atoms with Gasteiger partial charge < -0.3 is 5.32 Å². The number of fused-ring (bicyclic) bond motifs is 1. The van der Waals surface area contributed by atoms with Gasteiger partial charge in [-0.25, -0.2) is 0 Å². The van der Waals surface area contributed by atoms with E-state index in [0.29, 0.717) is 6.04 Å². The highest BCUT2D eigenvalue weighted by molar-refractivity contribution is 5.77. The summed E-state index contributed by atoms with van der Waals surface area (Å²) in [5.74, 6) is 0. The van der Waals surface area contributed by atoms with E-state index in [-0.39, 0.29) is 0 Å². The van der Waals surface area contributed by atoms with Crippen molar-refractivity contribution in [3.63, 3.8) is 0 Å². The number of rotatable bonds is 1. The van der Waals surface area contributed by atoms with Gasteiger partial charge >= 0.3 is 0 Å². The van der Waals surface area contributed by atoms with Crippen LogP contribution in [-0.4, -0.2) is 16.7 Å². The maximum Gasteiger partial charge on any atom is 0.0929 e. The molecule has 0 spiro atoms. The van der Waals surface area contributed by atoms with E-state index in [1.807, 2.05) is 18.2 Å². The molecule has 15 heavy (non-hydrogen) atoms. The summed E-state index contributed by atoms with van der Waals surface area (Å²) in [6.07, 6.45) is 2.41. The third-order valence-electron chi connectivity index (χ3n) is 2.93. The first-order valence-electron chi connectivity index (χ1n) is 5.39. The van der Waals surface area contributed by atoms with E-state index in [4.69, 9.17) is 0 Å². The van der Waals surface area contributed by atoms with Gasteiger partial charge in [-0.15, -0.1) is 0 Å². The van der Waals surface area contributed by atoms with E-state index in [9.17, 15) is 0 Å². The number of hydrogen-bond donors (Lipinski definition) is 1. The van der Waals surface area contributed by atoms with Crippen molar-refractivity contribution in [1.29, 1.82) is 0 Å².